The minimum atomic E-state index is -0.753. The van der Waals surface area contributed by atoms with Gasteiger partial charge in [0.15, 0.2) is 0 Å². The van der Waals surface area contributed by atoms with Crippen LogP contribution in [0.15, 0.2) is 36.4 Å². The maximum absolute atomic E-state index is 13.5. The predicted octanol–water partition coefficient (Wildman–Crippen LogP) is 4.00. The molecule has 0 aliphatic heterocycles. The molecule has 100 valence electrons. The van der Waals surface area contributed by atoms with Crippen molar-refractivity contribution in [2.45, 2.75) is 12.5 Å². The number of benzene rings is 2. The molecule has 0 aromatic heterocycles. The molecule has 0 saturated heterocycles. The summed E-state index contributed by atoms with van der Waals surface area (Å²) in [6.07, 6.45) is 0.189. The van der Waals surface area contributed by atoms with Crippen LogP contribution in [0.5, 0.6) is 0 Å². The van der Waals surface area contributed by atoms with Crippen molar-refractivity contribution in [1.29, 1.82) is 0 Å². The molecule has 5 heteroatoms. The lowest BCUT2D eigenvalue weighted by Gasteiger charge is -2.13. The molecule has 2 rings (SSSR count). The summed E-state index contributed by atoms with van der Waals surface area (Å²) in [4.78, 5) is 0. The summed E-state index contributed by atoms with van der Waals surface area (Å²) in [6, 6.07) is 6.58. The van der Waals surface area contributed by atoms with E-state index in [4.69, 9.17) is 17.3 Å². The van der Waals surface area contributed by atoms with Gasteiger partial charge in [0.25, 0.3) is 0 Å². The quantitative estimate of drug-likeness (QED) is 0.906. The highest BCUT2D eigenvalue weighted by molar-refractivity contribution is 6.30. The van der Waals surface area contributed by atoms with Gasteiger partial charge in [-0.1, -0.05) is 17.7 Å². The lowest BCUT2D eigenvalue weighted by Crippen LogP contribution is -2.15. The fourth-order valence-corrected chi connectivity index (χ4v) is 1.95. The van der Waals surface area contributed by atoms with Gasteiger partial charge in [-0.15, -0.1) is 0 Å². The van der Waals surface area contributed by atoms with Crippen LogP contribution in [0.3, 0.4) is 0 Å². The number of rotatable bonds is 3. The smallest absolute Gasteiger partial charge is 0.142 e. The van der Waals surface area contributed by atoms with Crippen molar-refractivity contribution in [2.24, 2.45) is 5.73 Å². The fourth-order valence-electron chi connectivity index (χ4n) is 1.83. The topological polar surface area (TPSA) is 26.0 Å². The molecule has 1 atom stereocenters. The van der Waals surface area contributed by atoms with Crippen LogP contribution in [-0.4, -0.2) is 0 Å². The number of hydrogen-bond acceptors (Lipinski definition) is 1. The minimum absolute atomic E-state index is 0.00857. The Morgan fingerprint density at radius 3 is 2.42 bits per heavy atom. The Kier molecular flexibility index (Phi) is 4.12. The maximum Gasteiger partial charge on any atom is 0.142 e. The van der Waals surface area contributed by atoms with Crippen molar-refractivity contribution in [3.63, 3.8) is 0 Å². The first-order valence-electron chi connectivity index (χ1n) is 5.62. The molecule has 0 amide bonds. The highest BCUT2D eigenvalue weighted by Crippen LogP contribution is 2.22. The van der Waals surface area contributed by atoms with Gasteiger partial charge in [-0.25, -0.2) is 13.2 Å². The molecule has 19 heavy (non-hydrogen) atoms. The average molecular weight is 286 g/mol. The molecule has 1 unspecified atom stereocenters. The molecule has 0 saturated carbocycles. The molecule has 2 N–H and O–H groups in total. The van der Waals surface area contributed by atoms with Crippen LogP contribution >= 0.6 is 11.6 Å². The predicted molar refractivity (Wildman–Crippen MR) is 68.4 cm³/mol. The second kappa shape index (κ2) is 5.63. The van der Waals surface area contributed by atoms with Crippen LogP contribution in [-0.2, 0) is 6.42 Å². The Bertz CT molecular complexity index is 601. The molecule has 2 aromatic rings. The molecule has 0 aliphatic carbocycles. The summed E-state index contributed by atoms with van der Waals surface area (Å²) in [6.45, 7) is 0. The van der Waals surface area contributed by atoms with Gasteiger partial charge in [0.05, 0.1) is 5.02 Å². The Balaban J connectivity index is 2.22. The van der Waals surface area contributed by atoms with E-state index in [2.05, 4.69) is 0 Å². The highest BCUT2D eigenvalue weighted by atomic mass is 35.5. The van der Waals surface area contributed by atoms with Crippen molar-refractivity contribution >= 4 is 11.6 Å². The van der Waals surface area contributed by atoms with Gasteiger partial charge in [-0.05, 0) is 42.3 Å². The van der Waals surface area contributed by atoms with Gasteiger partial charge in [-0.3, -0.25) is 0 Å². The van der Waals surface area contributed by atoms with Crippen LogP contribution in [0.4, 0.5) is 13.2 Å². The average Bonchev–Trinajstić information content (AvgIpc) is 2.36. The molecule has 0 fully saturated rings. The van der Waals surface area contributed by atoms with E-state index in [-0.39, 0.29) is 17.0 Å². The first-order chi connectivity index (χ1) is 8.97. The summed E-state index contributed by atoms with van der Waals surface area (Å²) < 4.78 is 39.9. The summed E-state index contributed by atoms with van der Waals surface area (Å²) in [5.41, 5.74) is 6.46. The van der Waals surface area contributed by atoms with E-state index < -0.39 is 23.5 Å². The Morgan fingerprint density at radius 2 is 1.74 bits per heavy atom. The first kappa shape index (κ1) is 13.9. The normalized spacial score (nSPS) is 12.5. The van der Waals surface area contributed by atoms with Gasteiger partial charge in [0.1, 0.15) is 17.5 Å². The van der Waals surface area contributed by atoms with Crippen LogP contribution in [0, 0.1) is 17.5 Å². The van der Waals surface area contributed by atoms with Crippen LogP contribution < -0.4 is 5.73 Å². The van der Waals surface area contributed by atoms with Crippen molar-refractivity contribution in [3.8, 4) is 0 Å². The number of hydrogen-bond donors (Lipinski definition) is 1. The molecule has 2 aromatic carbocycles. The highest BCUT2D eigenvalue weighted by Gasteiger charge is 2.14. The molecule has 0 aliphatic rings. The van der Waals surface area contributed by atoms with Crippen molar-refractivity contribution < 1.29 is 13.2 Å². The van der Waals surface area contributed by atoms with Crippen molar-refractivity contribution in [3.05, 3.63) is 70.0 Å². The van der Waals surface area contributed by atoms with Crippen LogP contribution in [0.25, 0.3) is 0 Å². The van der Waals surface area contributed by atoms with Crippen molar-refractivity contribution in [1.82, 2.24) is 0 Å². The Labute approximate surface area is 113 Å². The zero-order valence-corrected chi connectivity index (χ0v) is 10.6. The molecule has 0 radical (unpaired) electrons. The zero-order valence-electron chi connectivity index (χ0n) is 9.84. The third-order valence-electron chi connectivity index (χ3n) is 2.80. The second-order valence-electron chi connectivity index (χ2n) is 4.22. The number of nitrogens with two attached hydrogens (primary N) is 1. The van der Waals surface area contributed by atoms with Gasteiger partial charge < -0.3 is 5.73 Å². The lowest BCUT2D eigenvalue weighted by atomic mass is 9.99. The Morgan fingerprint density at radius 1 is 1.00 bits per heavy atom. The SMILES string of the molecule is NC(Cc1ccc(Cl)c(F)c1)c1cc(F)ccc1F. The second-order valence-corrected chi connectivity index (χ2v) is 4.63. The van der Waals surface area contributed by atoms with Gasteiger partial charge in [0.2, 0.25) is 0 Å². The summed E-state index contributed by atoms with van der Waals surface area (Å²) in [5.74, 6) is -1.71. The molecule has 0 bridgehead atoms. The van der Waals surface area contributed by atoms with E-state index in [1.807, 2.05) is 0 Å². The standard InChI is InChI=1S/C14H11ClF3N/c15-11-3-1-8(5-13(11)18)6-14(19)10-7-9(16)2-4-12(10)17/h1-5,7,14H,6,19H2. The van der Waals surface area contributed by atoms with E-state index in [0.717, 1.165) is 18.2 Å². The van der Waals surface area contributed by atoms with Gasteiger partial charge >= 0.3 is 0 Å². The monoisotopic (exact) mass is 285 g/mol. The van der Waals surface area contributed by atoms with E-state index >= 15 is 0 Å². The fraction of sp³-hybridized carbons (Fsp3) is 0.143. The van der Waals surface area contributed by atoms with Crippen LogP contribution in [0.2, 0.25) is 5.02 Å². The van der Waals surface area contributed by atoms with Crippen molar-refractivity contribution in [2.75, 3.05) is 0 Å². The van der Waals surface area contributed by atoms with E-state index in [1.54, 1.807) is 6.07 Å². The summed E-state index contributed by atoms with van der Waals surface area (Å²) in [5, 5.41) is 0.00857. The molecule has 0 spiro atoms. The van der Waals surface area contributed by atoms with E-state index in [0.29, 0.717) is 5.56 Å². The summed E-state index contributed by atoms with van der Waals surface area (Å²) >= 11 is 5.56. The van der Waals surface area contributed by atoms with Gasteiger partial charge in [-0.2, -0.15) is 0 Å². The largest absolute Gasteiger partial charge is 0.324 e. The summed E-state index contributed by atoms with van der Waals surface area (Å²) in [7, 11) is 0. The Hall–Kier alpha value is -1.52. The van der Waals surface area contributed by atoms with Gasteiger partial charge in [0, 0.05) is 11.6 Å². The maximum atomic E-state index is 13.5. The third-order valence-corrected chi connectivity index (χ3v) is 3.10. The third kappa shape index (κ3) is 3.28. The molecular weight excluding hydrogens is 275 g/mol. The zero-order chi connectivity index (χ0) is 14.0. The lowest BCUT2D eigenvalue weighted by molar-refractivity contribution is 0.560. The number of halogens is 4. The molecule has 1 nitrogen and oxygen atoms in total. The van der Waals surface area contributed by atoms with E-state index in [1.165, 1.54) is 12.1 Å². The van der Waals surface area contributed by atoms with Crippen LogP contribution in [0.1, 0.15) is 17.2 Å². The van der Waals surface area contributed by atoms with E-state index in [9.17, 15) is 13.2 Å². The molecule has 0 heterocycles. The first-order valence-corrected chi connectivity index (χ1v) is 5.99. The molecular formula is C14H11ClF3N. The minimum Gasteiger partial charge on any atom is -0.324 e.